The highest BCUT2D eigenvalue weighted by molar-refractivity contribution is 5.66. The minimum atomic E-state index is -0.802. The Morgan fingerprint density at radius 3 is 2.39 bits per heavy atom. The molecule has 0 spiro atoms. The number of carbonyl (C=O) groups is 1. The third-order valence-corrected chi connectivity index (χ3v) is 2.68. The van der Waals surface area contributed by atoms with Gasteiger partial charge in [0.2, 0.25) is 11.8 Å². The molecule has 0 unspecified atom stereocenters. The second kappa shape index (κ2) is 5.95. The number of hydrogen-bond donors (Lipinski definition) is 1. The molecule has 0 saturated heterocycles. The van der Waals surface area contributed by atoms with E-state index in [1.807, 2.05) is 32.6 Å². The third kappa shape index (κ3) is 4.44. The van der Waals surface area contributed by atoms with Crippen LogP contribution >= 0.6 is 0 Å². The Morgan fingerprint density at radius 2 is 1.94 bits per heavy atom. The zero-order valence-electron chi connectivity index (χ0n) is 11.4. The number of aliphatic carboxylic acids is 1. The molecule has 1 N–H and O–H groups in total. The maximum Gasteiger partial charge on any atom is 0.304 e. The van der Waals surface area contributed by atoms with Crippen LogP contribution in [0.15, 0.2) is 4.42 Å². The molecule has 0 radical (unpaired) electrons. The number of nitrogens with zero attached hydrogens (tertiary/aromatic N) is 3. The highest BCUT2D eigenvalue weighted by Gasteiger charge is 2.24. The third-order valence-electron chi connectivity index (χ3n) is 2.68. The van der Waals surface area contributed by atoms with E-state index in [2.05, 4.69) is 10.2 Å². The van der Waals surface area contributed by atoms with E-state index in [0.29, 0.717) is 31.3 Å². The molecule has 6 heteroatoms. The van der Waals surface area contributed by atoms with Crippen molar-refractivity contribution >= 4 is 5.97 Å². The van der Waals surface area contributed by atoms with Gasteiger partial charge in [0.25, 0.3) is 0 Å². The minimum absolute atomic E-state index is 0.103. The average molecular weight is 255 g/mol. The number of carboxylic acids is 1. The van der Waals surface area contributed by atoms with Crippen LogP contribution in [0.4, 0.5) is 0 Å². The second-order valence-corrected chi connectivity index (χ2v) is 5.18. The van der Waals surface area contributed by atoms with Crippen molar-refractivity contribution in [3.05, 3.63) is 11.8 Å². The summed E-state index contributed by atoms with van der Waals surface area (Å²) in [5.41, 5.74) is -0.143. The molecule has 0 saturated carbocycles. The largest absolute Gasteiger partial charge is 0.481 e. The van der Waals surface area contributed by atoms with Crippen LogP contribution in [0.1, 0.15) is 45.9 Å². The summed E-state index contributed by atoms with van der Waals surface area (Å²) in [6.07, 6.45) is 0.809. The smallest absolute Gasteiger partial charge is 0.304 e. The van der Waals surface area contributed by atoms with Crippen molar-refractivity contribution < 1.29 is 14.3 Å². The van der Waals surface area contributed by atoms with Crippen LogP contribution in [0.3, 0.4) is 0 Å². The van der Waals surface area contributed by atoms with E-state index in [9.17, 15) is 4.79 Å². The summed E-state index contributed by atoms with van der Waals surface area (Å²) in [4.78, 5) is 12.7. The molecule has 6 nitrogen and oxygen atoms in total. The van der Waals surface area contributed by atoms with Crippen LogP contribution in [0.2, 0.25) is 0 Å². The van der Waals surface area contributed by atoms with Gasteiger partial charge in [-0.05, 0) is 20.8 Å². The molecule has 0 aromatic carbocycles. The normalized spacial score (nSPS) is 12.1. The van der Waals surface area contributed by atoms with Crippen LogP contribution < -0.4 is 0 Å². The Morgan fingerprint density at radius 1 is 1.33 bits per heavy atom. The number of aryl methyl sites for hydroxylation is 1. The Bertz CT molecular complexity index is 396. The molecule has 102 valence electrons. The van der Waals surface area contributed by atoms with E-state index in [-0.39, 0.29) is 12.0 Å². The first kappa shape index (κ1) is 14.6. The summed E-state index contributed by atoms with van der Waals surface area (Å²) in [6, 6.07) is 0. The zero-order chi connectivity index (χ0) is 13.8. The molecule has 1 heterocycles. The Balaban J connectivity index is 2.68. The van der Waals surface area contributed by atoms with Crippen LogP contribution in [-0.4, -0.2) is 38.3 Å². The van der Waals surface area contributed by atoms with Crippen molar-refractivity contribution in [2.45, 2.75) is 52.6 Å². The fourth-order valence-electron chi connectivity index (χ4n) is 1.54. The van der Waals surface area contributed by atoms with Crippen LogP contribution in [0.5, 0.6) is 0 Å². The van der Waals surface area contributed by atoms with Gasteiger partial charge in [-0.2, -0.15) is 0 Å². The number of aromatic nitrogens is 2. The van der Waals surface area contributed by atoms with E-state index < -0.39 is 5.97 Å². The SMILES string of the molecule is CCc1nnc(CN(CCC(=O)O)C(C)(C)C)o1. The van der Waals surface area contributed by atoms with Gasteiger partial charge in [0, 0.05) is 18.5 Å². The summed E-state index contributed by atoms with van der Waals surface area (Å²) < 4.78 is 5.45. The summed E-state index contributed by atoms with van der Waals surface area (Å²) in [6.45, 7) is 8.99. The van der Waals surface area contributed by atoms with Gasteiger partial charge in [-0.3, -0.25) is 9.69 Å². The monoisotopic (exact) mass is 255 g/mol. The first-order valence-corrected chi connectivity index (χ1v) is 6.11. The van der Waals surface area contributed by atoms with Gasteiger partial charge in [-0.15, -0.1) is 10.2 Å². The lowest BCUT2D eigenvalue weighted by atomic mass is 10.1. The van der Waals surface area contributed by atoms with E-state index in [1.54, 1.807) is 0 Å². The number of carboxylic acid groups (broad SMARTS) is 1. The number of hydrogen-bond acceptors (Lipinski definition) is 5. The van der Waals surface area contributed by atoms with Gasteiger partial charge in [0.05, 0.1) is 13.0 Å². The summed E-state index contributed by atoms with van der Waals surface area (Å²) in [7, 11) is 0. The molecule has 0 atom stereocenters. The fourth-order valence-corrected chi connectivity index (χ4v) is 1.54. The molecule has 18 heavy (non-hydrogen) atoms. The van der Waals surface area contributed by atoms with Crippen molar-refractivity contribution in [2.75, 3.05) is 6.54 Å². The van der Waals surface area contributed by atoms with Gasteiger partial charge in [0.1, 0.15) is 0 Å². The van der Waals surface area contributed by atoms with Gasteiger partial charge in [-0.1, -0.05) is 6.92 Å². The van der Waals surface area contributed by atoms with E-state index in [1.165, 1.54) is 0 Å². The van der Waals surface area contributed by atoms with Gasteiger partial charge in [0.15, 0.2) is 0 Å². The molecule has 0 fully saturated rings. The topological polar surface area (TPSA) is 79.5 Å². The van der Waals surface area contributed by atoms with Crippen LogP contribution in [0, 0.1) is 0 Å². The predicted octanol–water partition coefficient (Wildman–Crippen LogP) is 1.71. The summed E-state index contributed by atoms with van der Waals surface area (Å²) >= 11 is 0. The van der Waals surface area contributed by atoms with E-state index >= 15 is 0 Å². The quantitative estimate of drug-likeness (QED) is 0.833. The lowest BCUT2D eigenvalue weighted by molar-refractivity contribution is -0.137. The molecular formula is C12H21N3O3. The van der Waals surface area contributed by atoms with Crippen molar-refractivity contribution in [2.24, 2.45) is 0 Å². The van der Waals surface area contributed by atoms with Gasteiger partial charge < -0.3 is 9.52 Å². The highest BCUT2D eigenvalue weighted by atomic mass is 16.4. The average Bonchev–Trinajstić information content (AvgIpc) is 2.70. The molecule has 0 aliphatic rings. The summed E-state index contributed by atoms with van der Waals surface area (Å²) in [5, 5.41) is 16.6. The molecule has 0 amide bonds. The molecule has 1 rings (SSSR count). The molecule has 0 aliphatic heterocycles. The molecular weight excluding hydrogens is 234 g/mol. The van der Waals surface area contributed by atoms with Crippen molar-refractivity contribution in [3.63, 3.8) is 0 Å². The minimum Gasteiger partial charge on any atom is -0.481 e. The van der Waals surface area contributed by atoms with Gasteiger partial charge >= 0.3 is 5.97 Å². The van der Waals surface area contributed by atoms with E-state index in [0.717, 1.165) is 0 Å². The maximum atomic E-state index is 10.7. The zero-order valence-corrected chi connectivity index (χ0v) is 11.4. The Kier molecular flexibility index (Phi) is 4.84. The first-order valence-electron chi connectivity index (χ1n) is 6.11. The standard InChI is InChI=1S/C12H21N3O3/c1-5-9-13-14-10(18-9)8-15(12(2,3)4)7-6-11(16)17/h5-8H2,1-4H3,(H,16,17). The van der Waals surface area contributed by atoms with Crippen LogP contribution in [-0.2, 0) is 17.8 Å². The Hall–Kier alpha value is -1.43. The number of rotatable bonds is 6. The lowest BCUT2D eigenvalue weighted by Crippen LogP contribution is -2.42. The lowest BCUT2D eigenvalue weighted by Gasteiger charge is -2.34. The van der Waals surface area contributed by atoms with Gasteiger partial charge in [-0.25, -0.2) is 0 Å². The van der Waals surface area contributed by atoms with Crippen molar-refractivity contribution in [3.8, 4) is 0 Å². The predicted molar refractivity (Wildman–Crippen MR) is 66.1 cm³/mol. The second-order valence-electron chi connectivity index (χ2n) is 5.18. The summed E-state index contributed by atoms with van der Waals surface area (Å²) in [5.74, 6) is 0.341. The van der Waals surface area contributed by atoms with Crippen LogP contribution in [0.25, 0.3) is 0 Å². The first-order chi connectivity index (χ1) is 8.32. The molecule has 1 aromatic heterocycles. The molecule has 1 aromatic rings. The highest BCUT2D eigenvalue weighted by Crippen LogP contribution is 2.17. The molecule has 0 aliphatic carbocycles. The van der Waals surface area contributed by atoms with Crippen molar-refractivity contribution in [1.29, 1.82) is 0 Å². The Labute approximate surface area is 107 Å². The molecule has 0 bridgehead atoms. The maximum absolute atomic E-state index is 10.7. The van der Waals surface area contributed by atoms with Crippen molar-refractivity contribution in [1.82, 2.24) is 15.1 Å². The van der Waals surface area contributed by atoms with E-state index in [4.69, 9.17) is 9.52 Å². The fraction of sp³-hybridized carbons (Fsp3) is 0.750.